The molecule has 154 valence electrons. The van der Waals surface area contributed by atoms with Crippen LogP contribution in [0.25, 0.3) is 0 Å². The standard InChI is InChI=1S/C22H27N3O4/c1-5-24(6-2)18-13-11-17(12-14-18)23-21(27)15-25(16(3)26)20-10-8-7-9-19(20)22(28)29-4/h7-14H,5-6,15H2,1-4H3,(H,23,27). The second-order valence-electron chi connectivity index (χ2n) is 6.38. The number of methoxy groups -OCH3 is 1. The third-order valence-corrected chi connectivity index (χ3v) is 4.56. The van der Waals surface area contributed by atoms with Gasteiger partial charge in [0.1, 0.15) is 6.54 Å². The number of hydrogen-bond acceptors (Lipinski definition) is 5. The summed E-state index contributed by atoms with van der Waals surface area (Å²) >= 11 is 0. The van der Waals surface area contributed by atoms with Crippen molar-refractivity contribution in [3.05, 3.63) is 54.1 Å². The average Bonchev–Trinajstić information content (AvgIpc) is 2.73. The van der Waals surface area contributed by atoms with E-state index in [1.807, 2.05) is 24.3 Å². The number of para-hydroxylation sites is 1. The molecule has 2 rings (SSSR count). The summed E-state index contributed by atoms with van der Waals surface area (Å²) in [5, 5.41) is 2.79. The molecule has 0 radical (unpaired) electrons. The minimum absolute atomic E-state index is 0.221. The van der Waals surface area contributed by atoms with Gasteiger partial charge in [-0.05, 0) is 50.2 Å². The van der Waals surface area contributed by atoms with Crippen molar-refractivity contribution in [2.24, 2.45) is 0 Å². The largest absolute Gasteiger partial charge is 0.465 e. The second kappa shape index (κ2) is 10.3. The van der Waals surface area contributed by atoms with Crippen molar-refractivity contribution < 1.29 is 19.1 Å². The molecule has 1 N–H and O–H groups in total. The highest BCUT2D eigenvalue weighted by atomic mass is 16.5. The van der Waals surface area contributed by atoms with Gasteiger partial charge in [0.05, 0.1) is 18.4 Å². The Bertz CT molecular complexity index is 861. The molecule has 0 aliphatic carbocycles. The maximum Gasteiger partial charge on any atom is 0.339 e. The highest BCUT2D eigenvalue weighted by Crippen LogP contribution is 2.22. The van der Waals surface area contributed by atoms with Crippen molar-refractivity contribution >= 4 is 34.8 Å². The van der Waals surface area contributed by atoms with Crippen LogP contribution in [0, 0.1) is 0 Å². The number of amides is 2. The lowest BCUT2D eigenvalue weighted by molar-refractivity contribution is -0.120. The first-order valence-corrected chi connectivity index (χ1v) is 9.51. The number of carbonyl (C=O) groups excluding carboxylic acids is 3. The first kappa shape index (κ1) is 21.9. The molecule has 0 aliphatic rings. The number of nitrogens with zero attached hydrogens (tertiary/aromatic N) is 2. The zero-order valence-corrected chi connectivity index (χ0v) is 17.3. The Hall–Kier alpha value is -3.35. The first-order valence-electron chi connectivity index (χ1n) is 9.51. The summed E-state index contributed by atoms with van der Waals surface area (Å²) in [5.41, 5.74) is 2.27. The molecular weight excluding hydrogens is 370 g/mol. The van der Waals surface area contributed by atoms with E-state index in [-0.39, 0.29) is 23.9 Å². The van der Waals surface area contributed by atoms with Gasteiger partial charge in [-0.3, -0.25) is 9.59 Å². The molecule has 2 amide bonds. The van der Waals surface area contributed by atoms with Gasteiger partial charge in [0.15, 0.2) is 0 Å². The number of anilines is 3. The number of esters is 1. The monoisotopic (exact) mass is 397 g/mol. The van der Waals surface area contributed by atoms with Crippen molar-refractivity contribution in [3.8, 4) is 0 Å². The van der Waals surface area contributed by atoms with Gasteiger partial charge in [0.25, 0.3) is 0 Å². The van der Waals surface area contributed by atoms with Gasteiger partial charge in [-0.2, -0.15) is 0 Å². The number of benzene rings is 2. The van der Waals surface area contributed by atoms with Crippen LogP contribution in [-0.4, -0.2) is 44.5 Å². The summed E-state index contributed by atoms with van der Waals surface area (Å²) in [7, 11) is 1.27. The van der Waals surface area contributed by atoms with Crippen LogP contribution < -0.4 is 15.1 Å². The van der Waals surface area contributed by atoms with E-state index >= 15 is 0 Å². The van der Waals surface area contributed by atoms with Crippen LogP contribution >= 0.6 is 0 Å². The van der Waals surface area contributed by atoms with Gasteiger partial charge < -0.3 is 19.9 Å². The lowest BCUT2D eigenvalue weighted by Crippen LogP contribution is -2.37. The van der Waals surface area contributed by atoms with Gasteiger partial charge >= 0.3 is 5.97 Å². The molecule has 0 spiro atoms. The molecule has 0 bridgehead atoms. The number of nitrogens with one attached hydrogen (secondary N) is 1. The van der Waals surface area contributed by atoms with E-state index in [0.29, 0.717) is 11.4 Å². The third-order valence-electron chi connectivity index (χ3n) is 4.56. The summed E-state index contributed by atoms with van der Waals surface area (Å²) in [4.78, 5) is 40.2. The van der Waals surface area contributed by atoms with Gasteiger partial charge in [-0.25, -0.2) is 4.79 Å². The zero-order valence-electron chi connectivity index (χ0n) is 17.3. The SMILES string of the molecule is CCN(CC)c1ccc(NC(=O)CN(C(C)=O)c2ccccc2C(=O)OC)cc1. The highest BCUT2D eigenvalue weighted by Gasteiger charge is 2.22. The van der Waals surface area contributed by atoms with Crippen LogP contribution in [0.2, 0.25) is 0 Å². The molecule has 0 fully saturated rings. The van der Waals surface area contributed by atoms with Crippen LogP contribution in [0.15, 0.2) is 48.5 Å². The number of ether oxygens (including phenoxy) is 1. The third kappa shape index (κ3) is 5.57. The maximum atomic E-state index is 12.6. The molecule has 2 aromatic rings. The molecule has 0 atom stereocenters. The quantitative estimate of drug-likeness (QED) is 0.692. The summed E-state index contributed by atoms with van der Waals surface area (Å²) < 4.78 is 4.77. The smallest absolute Gasteiger partial charge is 0.339 e. The average molecular weight is 397 g/mol. The number of hydrogen-bond donors (Lipinski definition) is 1. The molecule has 0 saturated heterocycles. The summed E-state index contributed by atoms with van der Waals surface area (Å²) in [6.45, 7) is 7.09. The predicted molar refractivity (Wildman–Crippen MR) is 114 cm³/mol. The van der Waals surface area contributed by atoms with E-state index in [0.717, 1.165) is 18.8 Å². The summed E-state index contributed by atoms with van der Waals surface area (Å²) in [6.07, 6.45) is 0. The molecule has 0 unspecified atom stereocenters. The van der Waals surface area contributed by atoms with Gasteiger partial charge in [0.2, 0.25) is 11.8 Å². The van der Waals surface area contributed by atoms with Crippen LogP contribution in [0.4, 0.5) is 17.1 Å². The van der Waals surface area contributed by atoms with Crippen molar-refractivity contribution in [2.45, 2.75) is 20.8 Å². The molecule has 7 heteroatoms. The van der Waals surface area contributed by atoms with E-state index in [1.54, 1.807) is 24.3 Å². The molecule has 0 saturated carbocycles. The minimum atomic E-state index is -0.570. The van der Waals surface area contributed by atoms with Crippen molar-refractivity contribution in [1.29, 1.82) is 0 Å². The zero-order chi connectivity index (χ0) is 21.4. The lowest BCUT2D eigenvalue weighted by atomic mass is 10.1. The first-order chi connectivity index (χ1) is 13.9. The van der Waals surface area contributed by atoms with E-state index in [1.165, 1.54) is 18.9 Å². The Kier molecular flexibility index (Phi) is 7.77. The molecule has 0 heterocycles. The molecule has 2 aromatic carbocycles. The number of rotatable bonds is 8. The van der Waals surface area contributed by atoms with Gasteiger partial charge in [-0.1, -0.05) is 12.1 Å². The van der Waals surface area contributed by atoms with Crippen molar-refractivity contribution in [1.82, 2.24) is 0 Å². The van der Waals surface area contributed by atoms with Crippen molar-refractivity contribution in [3.63, 3.8) is 0 Å². The fourth-order valence-electron chi connectivity index (χ4n) is 3.05. The molecule has 7 nitrogen and oxygen atoms in total. The maximum absolute atomic E-state index is 12.6. The second-order valence-corrected chi connectivity index (χ2v) is 6.38. The normalized spacial score (nSPS) is 10.2. The van der Waals surface area contributed by atoms with Crippen LogP contribution in [0.1, 0.15) is 31.1 Å². The van der Waals surface area contributed by atoms with E-state index in [4.69, 9.17) is 4.74 Å². The lowest BCUT2D eigenvalue weighted by Gasteiger charge is -2.23. The van der Waals surface area contributed by atoms with Crippen LogP contribution in [-0.2, 0) is 14.3 Å². The van der Waals surface area contributed by atoms with Gasteiger partial charge in [-0.15, -0.1) is 0 Å². The van der Waals surface area contributed by atoms with Crippen LogP contribution in [0.3, 0.4) is 0 Å². The van der Waals surface area contributed by atoms with E-state index in [2.05, 4.69) is 24.1 Å². The molecular formula is C22H27N3O4. The fourth-order valence-corrected chi connectivity index (χ4v) is 3.05. The van der Waals surface area contributed by atoms with E-state index in [9.17, 15) is 14.4 Å². The molecule has 29 heavy (non-hydrogen) atoms. The predicted octanol–water partition coefficient (Wildman–Crippen LogP) is 3.31. The topological polar surface area (TPSA) is 79.0 Å². The number of carbonyl (C=O) groups is 3. The van der Waals surface area contributed by atoms with Crippen LogP contribution in [0.5, 0.6) is 0 Å². The molecule has 0 aliphatic heterocycles. The highest BCUT2D eigenvalue weighted by molar-refractivity contribution is 6.06. The Morgan fingerprint density at radius 3 is 2.14 bits per heavy atom. The van der Waals surface area contributed by atoms with E-state index < -0.39 is 5.97 Å². The summed E-state index contributed by atoms with van der Waals surface area (Å²) in [5.74, 6) is -1.29. The summed E-state index contributed by atoms with van der Waals surface area (Å²) in [6, 6.07) is 14.1. The van der Waals surface area contributed by atoms with Gasteiger partial charge in [0, 0.05) is 31.4 Å². The Labute approximate surface area is 171 Å². The minimum Gasteiger partial charge on any atom is -0.465 e. The Morgan fingerprint density at radius 2 is 1.59 bits per heavy atom. The Balaban J connectivity index is 2.15. The molecule has 0 aromatic heterocycles. The fraction of sp³-hybridized carbons (Fsp3) is 0.318. The van der Waals surface area contributed by atoms with Crippen molar-refractivity contribution in [2.75, 3.05) is 41.9 Å². The Morgan fingerprint density at radius 1 is 0.966 bits per heavy atom.